The fraction of sp³-hybridized carbons (Fsp3) is 0.385. The highest BCUT2D eigenvalue weighted by atomic mass is 19.2. The second-order valence-corrected chi connectivity index (χ2v) is 4.39. The number of nitrogens with zero attached hydrogens (tertiary/aromatic N) is 2. The first-order chi connectivity index (χ1) is 9.10. The molecular weight excluding hydrogens is 252 g/mol. The normalized spacial score (nSPS) is 12.6. The Morgan fingerprint density at radius 3 is 2.79 bits per heavy atom. The van der Waals surface area contributed by atoms with E-state index in [2.05, 4.69) is 10.1 Å². The van der Waals surface area contributed by atoms with Gasteiger partial charge in [-0.05, 0) is 24.6 Å². The monoisotopic (exact) mass is 267 g/mol. The van der Waals surface area contributed by atoms with Crippen molar-refractivity contribution in [2.45, 2.75) is 32.2 Å². The predicted molar refractivity (Wildman–Crippen MR) is 66.2 cm³/mol. The molecule has 1 heterocycles. The van der Waals surface area contributed by atoms with Gasteiger partial charge in [0.2, 0.25) is 11.7 Å². The van der Waals surface area contributed by atoms with Gasteiger partial charge < -0.3 is 10.3 Å². The third-order valence-electron chi connectivity index (χ3n) is 2.74. The Balaban J connectivity index is 2.14. The van der Waals surface area contributed by atoms with Crippen molar-refractivity contribution in [1.82, 2.24) is 10.1 Å². The van der Waals surface area contributed by atoms with Crippen LogP contribution in [0.1, 0.15) is 25.7 Å². The molecule has 0 saturated carbocycles. The molecule has 0 saturated heterocycles. The number of aromatic nitrogens is 2. The minimum absolute atomic E-state index is 0.0387. The molecule has 0 bridgehead atoms. The molecule has 0 aliphatic heterocycles. The summed E-state index contributed by atoms with van der Waals surface area (Å²) in [5.41, 5.74) is 6.24. The standard InChI is InChI=1S/C13H15F2N3O/c1-2-3-9(16)7-12-17-13(18-19-12)8-4-5-10(14)11(15)6-8/h4-6,9H,2-3,7,16H2,1H3. The molecule has 102 valence electrons. The maximum Gasteiger partial charge on any atom is 0.228 e. The quantitative estimate of drug-likeness (QED) is 0.904. The number of halogens is 2. The van der Waals surface area contributed by atoms with E-state index < -0.39 is 11.6 Å². The van der Waals surface area contributed by atoms with Crippen LogP contribution >= 0.6 is 0 Å². The first-order valence-corrected chi connectivity index (χ1v) is 6.13. The summed E-state index contributed by atoms with van der Waals surface area (Å²) in [5.74, 6) is -1.21. The molecule has 0 aliphatic rings. The number of nitrogens with two attached hydrogens (primary N) is 1. The minimum Gasteiger partial charge on any atom is -0.339 e. The lowest BCUT2D eigenvalue weighted by Crippen LogP contribution is -2.22. The first kappa shape index (κ1) is 13.6. The summed E-state index contributed by atoms with van der Waals surface area (Å²) in [6.45, 7) is 2.04. The van der Waals surface area contributed by atoms with E-state index in [0.29, 0.717) is 17.9 Å². The molecule has 4 nitrogen and oxygen atoms in total. The van der Waals surface area contributed by atoms with Crippen LogP contribution in [-0.4, -0.2) is 16.2 Å². The molecule has 2 rings (SSSR count). The van der Waals surface area contributed by atoms with Gasteiger partial charge in [0.15, 0.2) is 11.6 Å². The third-order valence-corrected chi connectivity index (χ3v) is 2.74. The summed E-state index contributed by atoms with van der Waals surface area (Å²) in [6.07, 6.45) is 2.32. The third kappa shape index (κ3) is 3.35. The van der Waals surface area contributed by atoms with Crippen molar-refractivity contribution in [3.8, 4) is 11.4 Å². The summed E-state index contributed by atoms with van der Waals surface area (Å²) in [4.78, 5) is 4.13. The fourth-order valence-electron chi connectivity index (χ4n) is 1.79. The van der Waals surface area contributed by atoms with E-state index in [1.165, 1.54) is 6.07 Å². The fourth-order valence-corrected chi connectivity index (χ4v) is 1.79. The Kier molecular flexibility index (Phi) is 4.21. The molecule has 19 heavy (non-hydrogen) atoms. The average Bonchev–Trinajstić information content (AvgIpc) is 2.81. The highest BCUT2D eigenvalue weighted by molar-refractivity contribution is 5.54. The highest BCUT2D eigenvalue weighted by Gasteiger charge is 2.13. The molecule has 2 N–H and O–H groups in total. The predicted octanol–water partition coefficient (Wildman–Crippen LogP) is 2.68. The zero-order valence-corrected chi connectivity index (χ0v) is 10.6. The van der Waals surface area contributed by atoms with Crippen LogP contribution in [0, 0.1) is 11.6 Å². The maximum atomic E-state index is 13.1. The molecule has 6 heteroatoms. The molecule has 0 radical (unpaired) electrons. The van der Waals surface area contributed by atoms with Gasteiger partial charge >= 0.3 is 0 Å². The Labute approximate surface area is 109 Å². The van der Waals surface area contributed by atoms with Crippen molar-refractivity contribution in [2.75, 3.05) is 0 Å². The van der Waals surface area contributed by atoms with Gasteiger partial charge in [0.1, 0.15) is 0 Å². The van der Waals surface area contributed by atoms with Crippen LogP contribution in [0.5, 0.6) is 0 Å². The van der Waals surface area contributed by atoms with Gasteiger partial charge in [-0.15, -0.1) is 0 Å². The minimum atomic E-state index is -0.938. The van der Waals surface area contributed by atoms with Crippen molar-refractivity contribution >= 4 is 0 Å². The topological polar surface area (TPSA) is 64.9 Å². The van der Waals surface area contributed by atoms with Crippen molar-refractivity contribution in [1.29, 1.82) is 0 Å². The number of hydrogen-bond donors (Lipinski definition) is 1. The second-order valence-electron chi connectivity index (χ2n) is 4.39. The van der Waals surface area contributed by atoms with Crippen molar-refractivity contribution in [2.24, 2.45) is 5.73 Å². The van der Waals surface area contributed by atoms with Crippen LogP contribution in [0.15, 0.2) is 22.7 Å². The number of rotatable bonds is 5. The van der Waals surface area contributed by atoms with Gasteiger partial charge in [-0.2, -0.15) is 4.98 Å². The van der Waals surface area contributed by atoms with Gasteiger partial charge in [-0.3, -0.25) is 0 Å². The summed E-state index contributed by atoms with van der Waals surface area (Å²) < 4.78 is 31.0. The second kappa shape index (κ2) is 5.88. The van der Waals surface area contributed by atoms with Crippen LogP contribution in [0.25, 0.3) is 11.4 Å². The van der Waals surface area contributed by atoms with E-state index in [9.17, 15) is 8.78 Å². The molecule has 0 fully saturated rings. The van der Waals surface area contributed by atoms with Gasteiger partial charge in [0.25, 0.3) is 0 Å². The number of hydrogen-bond acceptors (Lipinski definition) is 4. The smallest absolute Gasteiger partial charge is 0.228 e. The summed E-state index contributed by atoms with van der Waals surface area (Å²) in [6, 6.07) is 3.43. The molecule has 0 amide bonds. The maximum absolute atomic E-state index is 13.1. The summed E-state index contributed by atoms with van der Waals surface area (Å²) in [5, 5.41) is 3.74. The van der Waals surface area contributed by atoms with Crippen molar-refractivity contribution < 1.29 is 13.3 Å². The van der Waals surface area contributed by atoms with E-state index >= 15 is 0 Å². The Morgan fingerprint density at radius 2 is 2.11 bits per heavy atom. The van der Waals surface area contributed by atoms with E-state index in [1.807, 2.05) is 6.92 Å². The van der Waals surface area contributed by atoms with Crippen LogP contribution in [0.3, 0.4) is 0 Å². The van der Waals surface area contributed by atoms with E-state index in [-0.39, 0.29) is 11.9 Å². The van der Waals surface area contributed by atoms with Crippen LogP contribution < -0.4 is 5.73 Å². The van der Waals surface area contributed by atoms with Gasteiger partial charge in [-0.25, -0.2) is 8.78 Å². The Hall–Kier alpha value is -1.82. The Morgan fingerprint density at radius 1 is 1.32 bits per heavy atom. The SMILES string of the molecule is CCCC(N)Cc1nc(-c2ccc(F)c(F)c2)no1. The largest absolute Gasteiger partial charge is 0.339 e. The number of benzene rings is 1. The van der Waals surface area contributed by atoms with Crippen molar-refractivity contribution in [3.05, 3.63) is 35.7 Å². The first-order valence-electron chi connectivity index (χ1n) is 6.13. The molecule has 1 aromatic carbocycles. The van der Waals surface area contributed by atoms with Gasteiger partial charge in [0.05, 0.1) is 0 Å². The lowest BCUT2D eigenvalue weighted by atomic mass is 10.1. The summed E-state index contributed by atoms with van der Waals surface area (Å²) in [7, 11) is 0. The van der Waals surface area contributed by atoms with Crippen molar-refractivity contribution in [3.63, 3.8) is 0 Å². The molecule has 1 atom stereocenters. The summed E-state index contributed by atoms with van der Waals surface area (Å²) >= 11 is 0. The van der Waals surface area contributed by atoms with E-state index in [0.717, 1.165) is 25.0 Å². The lowest BCUT2D eigenvalue weighted by Gasteiger charge is -2.05. The van der Waals surface area contributed by atoms with Crippen LogP contribution in [0.4, 0.5) is 8.78 Å². The van der Waals surface area contributed by atoms with E-state index in [1.54, 1.807) is 0 Å². The van der Waals surface area contributed by atoms with Crippen LogP contribution in [0.2, 0.25) is 0 Å². The lowest BCUT2D eigenvalue weighted by molar-refractivity contribution is 0.366. The molecular formula is C13H15F2N3O. The highest BCUT2D eigenvalue weighted by Crippen LogP contribution is 2.19. The zero-order valence-electron chi connectivity index (χ0n) is 10.6. The zero-order chi connectivity index (χ0) is 13.8. The molecule has 0 spiro atoms. The molecule has 1 aromatic heterocycles. The molecule has 0 aliphatic carbocycles. The van der Waals surface area contributed by atoms with E-state index in [4.69, 9.17) is 10.3 Å². The van der Waals surface area contributed by atoms with Gasteiger partial charge in [0, 0.05) is 18.0 Å². The Bertz CT molecular complexity index is 557. The molecule has 2 aromatic rings. The van der Waals surface area contributed by atoms with Crippen LogP contribution in [-0.2, 0) is 6.42 Å². The van der Waals surface area contributed by atoms with Gasteiger partial charge in [-0.1, -0.05) is 18.5 Å². The average molecular weight is 267 g/mol. The molecule has 1 unspecified atom stereocenters.